The molecule has 8 nitrogen and oxygen atoms in total. The van der Waals surface area contributed by atoms with Crippen LogP contribution in [-0.2, 0) is 4.79 Å². The van der Waals surface area contributed by atoms with E-state index in [-0.39, 0.29) is 23.8 Å². The van der Waals surface area contributed by atoms with Gasteiger partial charge in [0.25, 0.3) is 11.6 Å². The maximum atomic E-state index is 12.3. The Labute approximate surface area is 188 Å². The molecule has 1 heterocycles. The third-order valence-electron chi connectivity index (χ3n) is 4.98. The lowest BCUT2D eigenvalue weighted by Gasteiger charge is -2.10. The summed E-state index contributed by atoms with van der Waals surface area (Å²) in [7, 11) is 0. The van der Waals surface area contributed by atoms with Crippen molar-refractivity contribution < 1.29 is 18.9 Å². The highest BCUT2D eigenvalue weighted by molar-refractivity contribution is 5.94. The van der Waals surface area contributed by atoms with Gasteiger partial charge in [-0.25, -0.2) is 4.79 Å². The molecule has 33 heavy (non-hydrogen) atoms. The molecule has 166 valence electrons. The van der Waals surface area contributed by atoms with Gasteiger partial charge in [0, 0.05) is 35.3 Å². The molecule has 1 amide bonds. The lowest BCUT2D eigenvalue weighted by atomic mass is 10.0. The normalized spacial score (nSPS) is 10.7. The highest BCUT2D eigenvalue weighted by Gasteiger charge is 2.12. The fourth-order valence-electron chi connectivity index (χ4n) is 3.63. The number of carbonyl (C=O) groups excluding carboxylic acids is 1. The number of nitrogens with one attached hydrogen (secondary N) is 1. The first-order valence-electron chi connectivity index (χ1n) is 10.1. The number of aryl methyl sites for hydroxylation is 2. The monoisotopic (exact) mass is 444 g/mol. The molecule has 4 rings (SSSR count). The van der Waals surface area contributed by atoms with Crippen LogP contribution in [0.4, 0.5) is 11.4 Å². The highest BCUT2D eigenvalue weighted by atomic mass is 16.6. The number of non-ortho nitro benzene ring substituents is 1. The van der Waals surface area contributed by atoms with Gasteiger partial charge in [0.2, 0.25) is 0 Å². The zero-order valence-corrected chi connectivity index (χ0v) is 18.0. The van der Waals surface area contributed by atoms with Crippen molar-refractivity contribution in [3.63, 3.8) is 0 Å². The van der Waals surface area contributed by atoms with Crippen LogP contribution >= 0.6 is 0 Å². The third kappa shape index (κ3) is 5.07. The zero-order chi connectivity index (χ0) is 23.5. The summed E-state index contributed by atoms with van der Waals surface area (Å²) < 4.78 is 10.9. The van der Waals surface area contributed by atoms with Gasteiger partial charge in [-0.3, -0.25) is 14.9 Å². The summed E-state index contributed by atoms with van der Waals surface area (Å²) in [6, 6.07) is 17.9. The topological polar surface area (TPSA) is 112 Å². The van der Waals surface area contributed by atoms with Crippen molar-refractivity contribution in [2.75, 3.05) is 11.9 Å². The molecule has 0 unspecified atom stereocenters. The third-order valence-corrected chi connectivity index (χ3v) is 4.98. The number of ether oxygens (including phenoxy) is 1. The van der Waals surface area contributed by atoms with Gasteiger partial charge in [-0.15, -0.1) is 0 Å². The average Bonchev–Trinajstić information content (AvgIpc) is 2.76. The van der Waals surface area contributed by atoms with E-state index in [1.54, 1.807) is 24.3 Å². The summed E-state index contributed by atoms with van der Waals surface area (Å²) in [5.74, 6) is 0.0447. The van der Waals surface area contributed by atoms with E-state index in [2.05, 4.69) is 5.32 Å². The molecule has 0 radical (unpaired) electrons. The van der Waals surface area contributed by atoms with Gasteiger partial charge in [-0.1, -0.05) is 6.07 Å². The number of rotatable bonds is 6. The fourth-order valence-corrected chi connectivity index (χ4v) is 3.63. The van der Waals surface area contributed by atoms with E-state index in [9.17, 15) is 19.7 Å². The van der Waals surface area contributed by atoms with Crippen LogP contribution in [0.2, 0.25) is 0 Å². The molecule has 0 aliphatic carbocycles. The molecule has 4 aromatic rings. The van der Waals surface area contributed by atoms with E-state index in [4.69, 9.17) is 9.15 Å². The lowest BCUT2D eigenvalue weighted by molar-refractivity contribution is -0.384. The zero-order valence-electron chi connectivity index (χ0n) is 18.0. The van der Waals surface area contributed by atoms with Crippen molar-refractivity contribution in [1.29, 1.82) is 0 Å². The predicted octanol–water partition coefficient (Wildman–Crippen LogP) is 5.00. The largest absolute Gasteiger partial charge is 0.484 e. The Morgan fingerprint density at radius 1 is 1.00 bits per heavy atom. The van der Waals surface area contributed by atoms with Crippen LogP contribution < -0.4 is 15.7 Å². The quantitative estimate of drug-likeness (QED) is 0.254. The van der Waals surface area contributed by atoms with Crippen LogP contribution in [-0.4, -0.2) is 17.4 Å². The van der Waals surface area contributed by atoms with Crippen molar-refractivity contribution in [3.05, 3.63) is 98.4 Å². The molecule has 3 aromatic carbocycles. The molecule has 0 spiro atoms. The summed E-state index contributed by atoms with van der Waals surface area (Å²) in [6.07, 6.45) is 0. The summed E-state index contributed by atoms with van der Waals surface area (Å²) >= 11 is 0. The van der Waals surface area contributed by atoms with Crippen LogP contribution in [0.5, 0.6) is 5.75 Å². The second-order valence-electron chi connectivity index (χ2n) is 7.65. The van der Waals surface area contributed by atoms with E-state index >= 15 is 0 Å². The molecule has 0 bridgehead atoms. The van der Waals surface area contributed by atoms with Crippen molar-refractivity contribution >= 4 is 28.3 Å². The van der Waals surface area contributed by atoms with E-state index in [0.29, 0.717) is 28.0 Å². The Morgan fingerprint density at radius 2 is 1.70 bits per heavy atom. The number of carbonyl (C=O) groups is 1. The maximum absolute atomic E-state index is 12.3. The molecular weight excluding hydrogens is 424 g/mol. The van der Waals surface area contributed by atoms with E-state index in [0.717, 1.165) is 11.1 Å². The molecule has 0 fully saturated rings. The van der Waals surface area contributed by atoms with E-state index in [1.807, 2.05) is 32.0 Å². The number of nitrogens with zero attached hydrogens (tertiary/aromatic N) is 1. The standard InChI is InChI=1S/C25H20N2O6/c1-15-9-16(2)11-18(10-15)26-24(28)14-32-20-7-8-21-22(13-25(29)33-23(21)12-20)17-3-5-19(6-4-17)27(30)31/h3-13H,14H2,1-2H3,(H,26,28). The van der Waals surface area contributed by atoms with Crippen LogP contribution in [0, 0.1) is 24.0 Å². The maximum Gasteiger partial charge on any atom is 0.336 e. The number of nitro groups is 1. The molecule has 0 aliphatic heterocycles. The summed E-state index contributed by atoms with van der Waals surface area (Å²) in [5.41, 5.74) is 3.66. The first-order chi connectivity index (χ1) is 15.8. The minimum Gasteiger partial charge on any atom is -0.484 e. The van der Waals surface area contributed by atoms with Crippen LogP contribution in [0.3, 0.4) is 0 Å². The SMILES string of the molecule is Cc1cc(C)cc(NC(=O)COc2ccc3c(-c4ccc([N+](=O)[O-])cc4)cc(=O)oc3c2)c1. The Kier molecular flexibility index (Phi) is 5.91. The fraction of sp³-hybridized carbons (Fsp3) is 0.120. The highest BCUT2D eigenvalue weighted by Crippen LogP contribution is 2.30. The smallest absolute Gasteiger partial charge is 0.336 e. The molecule has 1 aromatic heterocycles. The van der Waals surface area contributed by atoms with Crippen molar-refractivity contribution in [2.24, 2.45) is 0 Å². The molecule has 0 atom stereocenters. The minimum absolute atomic E-state index is 0.0409. The molecular formula is C25H20N2O6. The minimum atomic E-state index is -0.569. The first-order valence-corrected chi connectivity index (χ1v) is 10.1. The summed E-state index contributed by atoms with van der Waals surface area (Å²) in [5, 5.41) is 14.3. The molecule has 0 saturated carbocycles. The molecule has 8 heteroatoms. The Bertz CT molecular complexity index is 1400. The molecule has 0 saturated heterocycles. The van der Waals surface area contributed by atoms with Crippen molar-refractivity contribution in [2.45, 2.75) is 13.8 Å². The first kappa shape index (κ1) is 21.8. The summed E-state index contributed by atoms with van der Waals surface area (Å²) in [6.45, 7) is 3.69. The van der Waals surface area contributed by atoms with Crippen molar-refractivity contribution in [3.8, 4) is 16.9 Å². The average molecular weight is 444 g/mol. The van der Waals surface area contributed by atoms with E-state index < -0.39 is 10.5 Å². The lowest BCUT2D eigenvalue weighted by Crippen LogP contribution is -2.20. The summed E-state index contributed by atoms with van der Waals surface area (Å²) in [4.78, 5) is 34.8. The number of nitro benzene ring substituents is 1. The Hall–Kier alpha value is -4.46. The van der Waals surface area contributed by atoms with Crippen LogP contribution in [0.1, 0.15) is 11.1 Å². The number of fused-ring (bicyclic) bond motifs is 1. The van der Waals surface area contributed by atoms with Crippen molar-refractivity contribution in [1.82, 2.24) is 0 Å². The Morgan fingerprint density at radius 3 is 2.36 bits per heavy atom. The van der Waals surface area contributed by atoms with Crippen LogP contribution in [0.15, 0.2) is 75.9 Å². The van der Waals surface area contributed by atoms with Gasteiger partial charge in [0.1, 0.15) is 11.3 Å². The second kappa shape index (κ2) is 8.96. The number of hydrogen-bond donors (Lipinski definition) is 1. The predicted molar refractivity (Wildman–Crippen MR) is 125 cm³/mol. The second-order valence-corrected chi connectivity index (χ2v) is 7.65. The number of hydrogen-bond acceptors (Lipinski definition) is 6. The molecule has 0 aliphatic rings. The van der Waals surface area contributed by atoms with Gasteiger partial charge in [0.05, 0.1) is 4.92 Å². The number of amides is 1. The van der Waals surface area contributed by atoms with Crippen LogP contribution in [0.25, 0.3) is 22.1 Å². The van der Waals surface area contributed by atoms with Gasteiger partial charge < -0.3 is 14.5 Å². The van der Waals surface area contributed by atoms with Gasteiger partial charge >= 0.3 is 5.63 Å². The van der Waals surface area contributed by atoms with E-state index in [1.165, 1.54) is 24.3 Å². The number of benzene rings is 3. The van der Waals surface area contributed by atoms with Gasteiger partial charge in [0.15, 0.2) is 6.61 Å². The molecule has 1 N–H and O–H groups in total. The number of anilines is 1. The van der Waals surface area contributed by atoms with Gasteiger partial charge in [-0.2, -0.15) is 0 Å². The van der Waals surface area contributed by atoms with Gasteiger partial charge in [-0.05, 0) is 72.5 Å². The Balaban J connectivity index is 1.54.